The van der Waals surface area contributed by atoms with Crippen LogP contribution in [0.5, 0.6) is 0 Å². The van der Waals surface area contributed by atoms with Crippen LogP contribution in [0.1, 0.15) is 13.8 Å². The highest BCUT2D eigenvalue weighted by Crippen LogP contribution is 2.24. The average molecular weight is 189 g/mol. The van der Waals surface area contributed by atoms with Crippen LogP contribution < -0.4 is 0 Å². The van der Waals surface area contributed by atoms with Crippen LogP contribution in [0.25, 0.3) is 0 Å². The molecular weight excluding hydrogens is 170 g/mol. The summed E-state index contributed by atoms with van der Waals surface area (Å²) in [6.45, 7) is 12.4. The summed E-state index contributed by atoms with van der Waals surface area (Å²) in [6, 6.07) is 0. The minimum absolute atomic E-state index is 0.692. The Hall–Kier alpha value is 0.237. The molecule has 1 nitrogen and oxygen atoms in total. The zero-order valence-corrected chi connectivity index (χ0v) is 10.0. The van der Waals surface area contributed by atoms with E-state index in [9.17, 15) is 0 Å². The topological polar surface area (TPSA) is 12.4 Å². The Balaban J connectivity index is 3.60. The molecule has 0 spiro atoms. The summed E-state index contributed by atoms with van der Waals surface area (Å²) in [5.74, 6) is 0. The Kier molecular flexibility index (Phi) is 5.09. The third kappa shape index (κ3) is 8.14. The van der Waals surface area contributed by atoms with Crippen LogP contribution in [0.4, 0.5) is 0 Å². The molecule has 0 N–H and O–H groups in total. The molecule has 0 aromatic carbocycles. The predicted octanol–water partition coefficient (Wildman–Crippen LogP) is 3.03. The lowest BCUT2D eigenvalue weighted by molar-refractivity contribution is 0.960. The Labute approximate surface area is 75.3 Å². The van der Waals surface area contributed by atoms with E-state index in [0.717, 1.165) is 6.54 Å². The first-order valence-corrected chi connectivity index (χ1v) is 9.18. The molecule has 0 saturated carbocycles. The van der Waals surface area contributed by atoms with E-state index < -0.39 is 7.22 Å². The van der Waals surface area contributed by atoms with Crippen LogP contribution in [0.3, 0.4) is 0 Å². The second kappa shape index (κ2) is 4.98. The van der Waals surface area contributed by atoms with Gasteiger partial charge >= 0.3 is 0 Å². The number of aliphatic imine (C=N–C) groups is 1. The SMILES string of the molecule is CC=NCC(C)S[Si](C)(C)C. The Bertz CT molecular complexity index is 129. The molecule has 66 valence electrons. The number of nitrogens with zero attached hydrogens (tertiary/aromatic N) is 1. The zero-order valence-electron chi connectivity index (χ0n) is 8.22. The van der Waals surface area contributed by atoms with Crippen LogP contribution in [-0.4, -0.2) is 25.2 Å². The van der Waals surface area contributed by atoms with Gasteiger partial charge in [0.2, 0.25) is 0 Å². The van der Waals surface area contributed by atoms with Crippen molar-refractivity contribution in [3.63, 3.8) is 0 Å². The van der Waals surface area contributed by atoms with Gasteiger partial charge in [0.1, 0.15) is 7.22 Å². The Morgan fingerprint density at radius 2 is 2.00 bits per heavy atom. The van der Waals surface area contributed by atoms with Gasteiger partial charge in [0.25, 0.3) is 0 Å². The fourth-order valence-electron chi connectivity index (χ4n) is 0.895. The quantitative estimate of drug-likeness (QED) is 0.489. The molecule has 0 aromatic rings. The molecule has 0 aliphatic rings. The smallest absolute Gasteiger partial charge is 0.108 e. The molecule has 0 rings (SSSR count). The van der Waals surface area contributed by atoms with Crippen molar-refractivity contribution in [3.05, 3.63) is 0 Å². The number of hydrogen-bond acceptors (Lipinski definition) is 2. The second-order valence-corrected chi connectivity index (χ2v) is 13.3. The summed E-state index contributed by atoms with van der Waals surface area (Å²) in [4.78, 5) is 4.23. The highest BCUT2D eigenvalue weighted by atomic mass is 32.4. The highest BCUT2D eigenvalue weighted by molar-refractivity contribution is 8.29. The predicted molar refractivity (Wildman–Crippen MR) is 59.4 cm³/mol. The van der Waals surface area contributed by atoms with Crippen LogP contribution in [0.2, 0.25) is 19.6 Å². The summed E-state index contributed by atoms with van der Waals surface area (Å²) in [6.07, 6.45) is 1.89. The molecule has 0 fully saturated rings. The van der Waals surface area contributed by atoms with E-state index in [1.165, 1.54) is 0 Å². The maximum atomic E-state index is 4.23. The van der Waals surface area contributed by atoms with Crippen molar-refractivity contribution in [3.8, 4) is 0 Å². The summed E-state index contributed by atoms with van der Waals surface area (Å²) >= 11 is 2.12. The van der Waals surface area contributed by atoms with Gasteiger partial charge in [-0.2, -0.15) is 11.2 Å². The van der Waals surface area contributed by atoms with E-state index in [2.05, 4.69) is 42.8 Å². The van der Waals surface area contributed by atoms with Gasteiger partial charge in [-0.05, 0) is 13.1 Å². The third-order valence-electron chi connectivity index (χ3n) is 1.10. The van der Waals surface area contributed by atoms with E-state index in [1.54, 1.807) is 0 Å². The van der Waals surface area contributed by atoms with Crippen LogP contribution in [-0.2, 0) is 0 Å². The van der Waals surface area contributed by atoms with Gasteiger partial charge in [-0.3, -0.25) is 4.99 Å². The molecule has 0 radical (unpaired) electrons. The van der Waals surface area contributed by atoms with Crippen LogP contribution in [0, 0.1) is 0 Å². The van der Waals surface area contributed by atoms with Gasteiger partial charge in [0, 0.05) is 11.8 Å². The van der Waals surface area contributed by atoms with Gasteiger partial charge < -0.3 is 0 Å². The van der Waals surface area contributed by atoms with Gasteiger partial charge in [-0.25, -0.2) is 0 Å². The first-order valence-electron chi connectivity index (χ1n) is 4.08. The molecule has 0 heterocycles. The lowest BCUT2D eigenvalue weighted by Crippen LogP contribution is -2.20. The fourth-order valence-corrected chi connectivity index (χ4v) is 6.11. The van der Waals surface area contributed by atoms with Crippen molar-refractivity contribution in [2.45, 2.75) is 38.7 Å². The molecule has 1 unspecified atom stereocenters. The molecule has 0 amide bonds. The second-order valence-electron chi connectivity index (χ2n) is 3.66. The standard InChI is InChI=1S/C8H19NSSi/c1-6-9-7-8(2)10-11(3,4)5/h6,8H,7H2,1-5H3. The van der Waals surface area contributed by atoms with Crippen molar-refractivity contribution in [2.24, 2.45) is 4.99 Å². The number of hydrogen-bond donors (Lipinski definition) is 0. The molecular formula is C8H19NSSi. The first kappa shape index (κ1) is 11.2. The lowest BCUT2D eigenvalue weighted by atomic mass is 10.5. The zero-order chi connectivity index (χ0) is 8.91. The third-order valence-corrected chi connectivity index (χ3v) is 5.69. The molecule has 0 saturated heterocycles. The van der Waals surface area contributed by atoms with E-state index >= 15 is 0 Å². The van der Waals surface area contributed by atoms with Crippen LogP contribution >= 0.6 is 11.2 Å². The fraction of sp³-hybridized carbons (Fsp3) is 0.875. The van der Waals surface area contributed by atoms with E-state index in [0.29, 0.717) is 5.25 Å². The highest BCUT2D eigenvalue weighted by Gasteiger charge is 2.17. The molecule has 0 aliphatic carbocycles. The largest absolute Gasteiger partial charge is 0.297 e. The summed E-state index contributed by atoms with van der Waals surface area (Å²) < 4.78 is 0. The summed E-state index contributed by atoms with van der Waals surface area (Å²) in [5.41, 5.74) is 0. The minimum atomic E-state index is -0.928. The molecule has 3 heteroatoms. The maximum Gasteiger partial charge on any atom is 0.108 e. The molecule has 0 aliphatic heterocycles. The summed E-state index contributed by atoms with van der Waals surface area (Å²) in [5, 5.41) is 0.692. The van der Waals surface area contributed by atoms with Gasteiger partial charge in [-0.15, -0.1) is 0 Å². The molecule has 11 heavy (non-hydrogen) atoms. The van der Waals surface area contributed by atoms with E-state index in [4.69, 9.17) is 0 Å². The lowest BCUT2D eigenvalue weighted by Gasteiger charge is -2.19. The van der Waals surface area contributed by atoms with Crippen molar-refractivity contribution >= 4 is 24.6 Å². The minimum Gasteiger partial charge on any atom is -0.297 e. The normalized spacial score (nSPS) is 15.7. The van der Waals surface area contributed by atoms with Crippen molar-refractivity contribution in [1.82, 2.24) is 0 Å². The Morgan fingerprint density at radius 3 is 2.36 bits per heavy atom. The first-order chi connectivity index (χ1) is 4.95. The maximum absolute atomic E-state index is 4.23. The van der Waals surface area contributed by atoms with E-state index in [-0.39, 0.29) is 0 Å². The van der Waals surface area contributed by atoms with Gasteiger partial charge in [-0.1, -0.05) is 26.6 Å². The van der Waals surface area contributed by atoms with Crippen molar-refractivity contribution < 1.29 is 0 Å². The monoisotopic (exact) mass is 189 g/mol. The molecule has 0 bridgehead atoms. The van der Waals surface area contributed by atoms with Gasteiger partial charge in [0.15, 0.2) is 0 Å². The van der Waals surface area contributed by atoms with E-state index in [1.807, 2.05) is 13.1 Å². The van der Waals surface area contributed by atoms with Crippen molar-refractivity contribution in [2.75, 3.05) is 6.54 Å². The van der Waals surface area contributed by atoms with Gasteiger partial charge in [0.05, 0.1) is 0 Å². The average Bonchev–Trinajstić information content (AvgIpc) is 1.79. The molecule has 1 atom stereocenters. The number of rotatable bonds is 4. The van der Waals surface area contributed by atoms with Crippen molar-refractivity contribution in [1.29, 1.82) is 0 Å². The summed E-state index contributed by atoms with van der Waals surface area (Å²) in [7, 11) is -0.928. The molecule has 0 aromatic heterocycles. The van der Waals surface area contributed by atoms with Crippen LogP contribution in [0.15, 0.2) is 4.99 Å². The Morgan fingerprint density at radius 1 is 1.45 bits per heavy atom.